The van der Waals surface area contributed by atoms with Gasteiger partial charge in [-0.3, -0.25) is 28.8 Å². The lowest BCUT2D eigenvalue weighted by Gasteiger charge is -2.39. The van der Waals surface area contributed by atoms with Crippen molar-refractivity contribution in [2.75, 3.05) is 13.2 Å². The number of hydrogen-bond donors (Lipinski definition) is 14. The highest BCUT2D eigenvalue weighted by Crippen LogP contribution is 2.50. The number of carbonyl (C=O) groups excluding carboxylic acids is 6. The summed E-state index contributed by atoms with van der Waals surface area (Å²) >= 11 is 20.3. The molecule has 0 spiro atoms. The van der Waals surface area contributed by atoms with Crippen LogP contribution in [-0.2, 0) is 33.5 Å². The maximum absolute atomic E-state index is 15.5. The highest BCUT2D eigenvalue weighted by Gasteiger charge is 2.46. The van der Waals surface area contributed by atoms with Gasteiger partial charge in [0.25, 0.3) is 0 Å². The van der Waals surface area contributed by atoms with Gasteiger partial charge in [0.05, 0.1) is 53.3 Å². The van der Waals surface area contributed by atoms with Gasteiger partial charge in [-0.25, -0.2) is 0 Å². The monoisotopic (exact) mass is 1290 g/mol. The number of carbonyl (C=O) groups is 6. The summed E-state index contributed by atoms with van der Waals surface area (Å²) in [6, 6.07) is 11.0. The predicted molar refractivity (Wildman–Crippen MR) is 320 cm³/mol. The van der Waals surface area contributed by atoms with Crippen LogP contribution in [0.3, 0.4) is 0 Å². The molecule has 1 fully saturated rings. The Morgan fingerprint density at radius 3 is 1.93 bits per heavy atom. The number of nitrogens with two attached hydrogens (primary N) is 1. The van der Waals surface area contributed by atoms with Crippen molar-refractivity contribution in [1.82, 2.24) is 16.0 Å². The third-order valence-corrected chi connectivity index (χ3v) is 17.2. The van der Waals surface area contributed by atoms with E-state index in [1.807, 2.05) is 13.8 Å². The summed E-state index contributed by atoms with van der Waals surface area (Å²) in [5.74, 6) is -14.6. The van der Waals surface area contributed by atoms with Crippen LogP contribution in [0.25, 0.3) is 11.1 Å². The van der Waals surface area contributed by atoms with Crippen molar-refractivity contribution < 1.29 is 98.8 Å². The summed E-state index contributed by atoms with van der Waals surface area (Å²) < 4.78 is 25.2. The number of thiocarbonyl (C=S) groups is 1. The molecule has 0 saturated carbocycles. The molecular formula is C62H66Cl2N4O20S. The van der Waals surface area contributed by atoms with Crippen LogP contribution in [0.5, 0.6) is 46.0 Å². The first-order valence-electron chi connectivity index (χ1n) is 28.4. The Morgan fingerprint density at radius 1 is 0.708 bits per heavy atom. The summed E-state index contributed by atoms with van der Waals surface area (Å²) in [5, 5.41) is 120. The van der Waals surface area contributed by atoms with Gasteiger partial charge in [0.2, 0.25) is 35.7 Å². The molecule has 0 aliphatic carbocycles. The molecule has 11 bridgehead atoms. The Kier molecular flexibility index (Phi) is 20.2. The minimum Gasteiger partial charge on any atom is -0.508 e. The first-order chi connectivity index (χ1) is 42.2. The molecule has 15 N–H and O–H groups in total. The molecule has 4 amide bonds. The SMILES string of the molecule is CC(C)C[C@@H](C)C(=O)N[C@H]1C(=O)C[C@@H](CC(N)=O)C(=O)N[C@H]2C(=S)C[C@@H]3C(=O)C[C@H](C(=O)N[C@H](CO)c4cc(O)cc(O)c4-c4cc3ccc4O)[C@H](O)c3ccc(c(Cl)c3)Oc3cc2cc(c3OC2OC(CO)C(O)[C@H](O)[C@H]2O)Oc2ccc(cc2Cl)[C@H]1O. The number of rotatable bonds is 10. The molecular weight excluding hydrogens is 1220 g/mol. The van der Waals surface area contributed by atoms with Crippen LogP contribution in [0.15, 0.2) is 78.9 Å². The molecule has 14 atom stereocenters. The first-order valence-corrected chi connectivity index (χ1v) is 29.6. The number of ether oxygens (including phenoxy) is 4. The van der Waals surface area contributed by atoms with Gasteiger partial charge in [-0.15, -0.1) is 0 Å². The molecule has 474 valence electrons. The Bertz CT molecular complexity index is 3610. The number of primary amides is 1. The number of aliphatic hydroxyl groups excluding tert-OH is 7. The molecule has 6 aliphatic rings. The van der Waals surface area contributed by atoms with Gasteiger partial charge < -0.3 is 91.7 Å². The number of aromatic hydroxyl groups is 3. The Hall–Kier alpha value is -7.53. The normalized spacial score (nSPS) is 26.9. The fourth-order valence-electron chi connectivity index (χ4n) is 11.6. The van der Waals surface area contributed by atoms with Crippen molar-refractivity contribution in [3.63, 3.8) is 0 Å². The van der Waals surface area contributed by atoms with Crippen molar-refractivity contribution in [2.24, 2.45) is 29.4 Å². The second-order valence-electron chi connectivity index (χ2n) is 23.1. The van der Waals surface area contributed by atoms with E-state index in [0.29, 0.717) is 6.42 Å². The highest BCUT2D eigenvalue weighted by molar-refractivity contribution is 7.80. The molecule has 5 aromatic rings. The van der Waals surface area contributed by atoms with E-state index in [4.69, 9.17) is 60.1 Å². The minimum absolute atomic E-state index is 0.0277. The number of nitrogens with one attached hydrogen (secondary N) is 3. The topological polar surface area (TPSA) is 404 Å². The number of amides is 4. The largest absolute Gasteiger partial charge is 0.508 e. The molecule has 27 heteroatoms. The summed E-state index contributed by atoms with van der Waals surface area (Å²) in [5.41, 5.74) is 5.18. The molecule has 11 rings (SSSR count). The van der Waals surface area contributed by atoms with E-state index in [1.54, 1.807) is 6.92 Å². The standard InChI is InChI=1S/C62H66Cl2N4O20S/c1-24(2)10-25(3)59(82)68-52-42(75)14-30(17-49(65)76)60(83)67-51-29-15-45(58(88-62-57(81)56(80)55(79)47(23-70)87-62)46(16-29)86-44-9-6-28(54(52)78)13-37(44)64)85-43-8-5-27(12-36(43)63)53(77)35-20-40(73)32(21-48(51)89)26-4-7-39(72)34(11-26)50-33(18-31(71)19-41(50)74)38(22-69)66-61(35)84/h4-9,11-13,15-16,18-19,24-25,30,32,35,38,47,51-57,62,69-72,74,77-81H,10,14,17,20-23H2,1-3H3,(H2,65,76)(H,66,84)(H,67,83)(H,68,82)/t25-,30+,32+,35+,38-,47?,51-,52+,53-,54-,55?,56+,57-,62?/m1/s1. The first kappa shape index (κ1) is 65.9. The maximum Gasteiger partial charge on any atom is 0.229 e. The molecule has 3 unspecified atom stereocenters. The van der Waals surface area contributed by atoms with Crippen molar-refractivity contribution in [3.8, 4) is 57.1 Å². The number of fused-ring (bicyclic) bond motifs is 15. The van der Waals surface area contributed by atoms with Crippen LogP contribution >= 0.6 is 35.4 Å². The molecule has 89 heavy (non-hydrogen) atoms. The zero-order valence-corrected chi connectivity index (χ0v) is 50.2. The number of ketones is 2. The number of phenolic OH excluding ortho intramolecular Hbond substituents is 3. The quantitative estimate of drug-likeness (QED) is 0.0843. The van der Waals surface area contributed by atoms with Gasteiger partial charge in [-0.1, -0.05) is 74.4 Å². The number of Topliss-reactive ketones (excluding diaryl/α,β-unsaturated/α-hetero) is 2. The summed E-state index contributed by atoms with van der Waals surface area (Å²) in [6.07, 6.45) is -15.9. The highest BCUT2D eigenvalue weighted by atomic mass is 35.5. The van der Waals surface area contributed by atoms with E-state index < -0.39 is 193 Å². The van der Waals surface area contributed by atoms with Crippen molar-refractivity contribution in [2.45, 2.75) is 120 Å². The van der Waals surface area contributed by atoms with Crippen LogP contribution in [0.2, 0.25) is 10.0 Å². The molecule has 5 aromatic carbocycles. The minimum atomic E-state index is -2.07. The fraction of sp³-hybridized carbons (Fsp3) is 0.403. The maximum atomic E-state index is 15.5. The number of hydrogen-bond acceptors (Lipinski definition) is 21. The summed E-state index contributed by atoms with van der Waals surface area (Å²) in [6.45, 7) is 3.62. The third-order valence-electron chi connectivity index (χ3n) is 16.2. The average molecular weight is 1290 g/mol. The summed E-state index contributed by atoms with van der Waals surface area (Å²) in [4.78, 5) is 86.9. The smallest absolute Gasteiger partial charge is 0.229 e. The Labute approximate surface area is 524 Å². The Morgan fingerprint density at radius 2 is 1.34 bits per heavy atom. The van der Waals surface area contributed by atoms with Crippen LogP contribution in [0.4, 0.5) is 0 Å². The van der Waals surface area contributed by atoms with E-state index >= 15 is 9.59 Å². The number of halogens is 2. The molecule has 6 aliphatic heterocycles. The van der Waals surface area contributed by atoms with E-state index in [-0.39, 0.29) is 71.3 Å². The van der Waals surface area contributed by atoms with Gasteiger partial charge in [0.15, 0.2) is 17.3 Å². The lowest BCUT2D eigenvalue weighted by molar-refractivity contribution is -0.277. The molecule has 0 radical (unpaired) electrons. The third kappa shape index (κ3) is 14.1. The molecule has 6 heterocycles. The van der Waals surface area contributed by atoms with Crippen LogP contribution < -0.4 is 35.9 Å². The van der Waals surface area contributed by atoms with Crippen molar-refractivity contribution >= 4 is 75.5 Å². The fourth-order valence-corrected chi connectivity index (χ4v) is 12.4. The average Bonchev–Trinajstić information content (AvgIpc) is 1.58. The van der Waals surface area contributed by atoms with E-state index in [1.165, 1.54) is 66.7 Å². The number of aliphatic hydroxyl groups is 7. The molecule has 1 saturated heterocycles. The zero-order valence-electron chi connectivity index (χ0n) is 47.9. The van der Waals surface area contributed by atoms with Gasteiger partial charge in [0, 0.05) is 53.2 Å². The zero-order chi connectivity index (χ0) is 64.6. The lowest BCUT2D eigenvalue weighted by Crippen LogP contribution is -2.60. The van der Waals surface area contributed by atoms with Crippen molar-refractivity contribution in [3.05, 3.63) is 117 Å². The van der Waals surface area contributed by atoms with E-state index in [9.17, 15) is 70.2 Å². The van der Waals surface area contributed by atoms with E-state index in [2.05, 4.69) is 16.0 Å². The summed E-state index contributed by atoms with van der Waals surface area (Å²) in [7, 11) is 0. The molecule has 24 nitrogen and oxygen atoms in total. The van der Waals surface area contributed by atoms with Gasteiger partial charge in [-0.05, 0) is 101 Å². The Balaban J connectivity index is 1.32. The number of benzene rings is 5. The lowest BCUT2D eigenvalue weighted by atomic mass is 9.79. The van der Waals surface area contributed by atoms with Crippen LogP contribution in [-0.4, -0.2) is 141 Å². The van der Waals surface area contributed by atoms with Gasteiger partial charge in [-0.2, -0.15) is 0 Å². The van der Waals surface area contributed by atoms with Crippen molar-refractivity contribution in [1.29, 1.82) is 0 Å². The predicted octanol–water partition coefficient (Wildman–Crippen LogP) is 4.69. The second-order valence-corrected chi connectivity index (χ2v) is 24.4. The number of phenols is 3. The van der Waals surface area contributed by atoms with E-state index in [0.717, 1.165) is 12.1 Å². The second kappa shape index (κ2) is 27.3. The molecule has 0 aromatic heterocycles. The van der Waals surface area contributed by atoms with Crippen LogP contribution in [0, 0.1) is 23.7 Å². The van der Waals surface area contributed by atoms with Crippen LogP contribution in [0.1, 0.15) is 111 Å². The van der Waals surface area contributed by atoms with Gasteiger partial charge >= 0.3 is 0 Å². The van der Waals surface area contributed by atoms with Gasteiger partial charge in [0.1, 0.15) is 71.1 Å².